The molecule has 124 valence electrons. The summed E-state index contributed by atoms with van der Waals surface area (Å²) in [4.78, 5) is 12.4. The second-order valence-corrected chi connectivity index (χ2v) is 8.17. The van der Waals surface area contributed by atoms with E-state index in [0.717, 1.165) is 24.1 Å². The largest absolute Gasteiger partial charge is 0.296 e. The summed E-state index contributed by atoms with van der Waals surface area (Å²) >= 11 is 1.32. The molecule has 0 aliphatic heterocycles. The Hall–Kier alpha value is -1.80. The zero-order valence-electron chi connectivity index (χ0n) is 13.2. The van der Waals surface area contributed by atoms with Crippen LogP contribution in [0, 0.1) is 0 Å². The van der Waals surface area contributed by atoms with Gasteiger partial charge < -0.3 is 0 Å². The van der Waals surface area contributed by atoms with E-state index in [1.54, 1.807) is 12.1 Å². The van der Waals surface area contributed by atoms with Crippen LogP contribution < -0.4 is 5.32 Å². The van der Waals surface area contributed by atoms with Gasteiger partial charge in [0.15, 0.2) is 9.84 Å². The normalized spacial score (nSPS) is 11.7. The molecule has 0 spiro atoms. The van der Waals surface area contributed by atoms with E-state index in [-0.39, 0.29) is 10.5 Å². The quantitative estimate of drug-likeness (QED) is 0.862. The van der Waals surface area contributed by atoms with E-state index < -0.39 is 15.7 Å². The third kappa shape index (κ3) is 4.14. The molecule has 2 aromatic rings. The zero-order valence-corrected chi connectivity index (χ0v) is 14.9. The summed E-state index contributed by atoms with van der Waals surface area (Å²) in [7, 11) is -3.48. The van der Waals surface area contributed by atoms with Crippen LogP contribution in [0.15, 0.2) is 29.2 Å². The lowest BCUT2D eigenvalue weighted by molar-refractivity contribution is 0.102. The number of sulfone groups is 1. The maximum absolute atomic E-state index is 12.4. The van der Waals surface area contributed by atoms with Crippen LogP contribution in [-0.4, -0.2) is 30.8 Å². The second-order valence-electron chi connectivity index (χ2n) is 5.18. The topological polar surface area (TPSA) is 89.0 Å². The fraction of sp³-hybridized carbons (Fsp3) is 0.400. The van der Waals surface area contributed by atoms with Crippen LogP contribution in [0.4, 0.5) is 5.13 Å². The van der Waals surface area contributed by atoms with Gasteiger partial charge in [-0.25, -0.2) is 8.42 Å². The highest BCUT2D eigenvalue weighted by molar-refractivity contribution is 7.90. The molecule has 6 nitrogen and oxygen atoms in total. The van der Waals surface area contributed by atoms with Crippen molar-refractivity contribution in [2.75, 3.05) is 11.6 Å². The first-order chi connectivity index (χ1) is 10.9. The van der Waals surface area contributed by atoms with Gasteiger partial charge in [-0.3, -0.25) is 10.1 Å². The van der Waals surface area contributed by atoms with Crippen molar-refractivity contribution in [3.8, 4) is 0 Å². The molecule has 1 aromatic carbocycles. The van der Waals surface area contributed by atoms with Crippen molar-refractivity contribution in [3.63, 3.8) is 0 Å². The summed E-state index contributed by atoms with van der Waals surface area (Å²) in [6.45, 7) is 4.16. The molecular formula is C15H19N3O3S2. The lowest BCUT2D eigenvalue weighted by Gasteiger charge is -2.07. The third-order valence-corrected chi connectivity index (χ3v) is 5.68. The first-order valence-electron chi connectivity index (χ1n) is 7.30. The van der Waals surface area contributed by atoms with Crippen molar-refractivity contribution in [2.24, 2.45) is 0 Å². The summed E-state index contributed by atoms with van der Waals surface area (Å²) in [5.41, 5.74) is 0.106. The van der Waals surface area contributed by atoms with Crippen molar-refractivity contribution in [2.45, 2.75) is 37.5 Å². The number of hydrogen-bond acceptors (Lipinski definition) is 6. The molecule has 1 amide bonds. The van der Waals surface area contributed by atoms with Crippen LogP contribution in [0.3, 0.4) is 0 Å². The monoisotopic (exact) mass is 353 g/mol. The van der Waals surface area contributed by atoms with Crippen LogP contribution in [0.1, 0.15) is 48.0 Å². The molecule has 0 fully saturated rings. The molecule has 1 aromatic heterocycles. The minimum atomic E-state index is -3.48. The van der Waals surface area contributed by atoms with Gasteiger partial charge in [-0.05, 0) is 25.0 Å². The molecule has 0 atom stereocenters. The van der Waals surface area contributed by atoms with Gasteiger partial charge in [0.05, 0.1) is 10.5 Å². The summed E-state index contributed by atoms with van der Waals surface area (Å²) < 4.78 is 23.6. The van der Waals surface area contributed by atoms with Gasteiger partial charge in [0.2, 0.25) is 5.13 Å². The molecule has 0 unspecified atom stereocenters. The minimum Gasteiger partial charge on any atom is -0.296 e. The molecule has 0 radical (unpaired) electrons. The highest BCUT2D eigenvalue weighted by Gasteiger charge is 2.20. The average Bonchev–Trinajstić information content (AvgIpc) is 2.96. The van der Waals surface area contributed by atoms with E-state index >= 15 is 0 Å². The van der Waals surface area contributed by atoms with Crippen LogP contribution in [-0.2, 0) is 9.84 Å². The Morgan fingerprint density at radius 1 is 1.22 bits per heavy atom. The molecule has 23 heavy (non-hydrogen) atoms. The lowest BCUT2D eigenvalue weighted by atomic mass is 10.1. The number of benzene rings is 1. The van der Waals surface area contributed by atoms with E-state index in [9.17, 15) is 13.2 Å². The summed E-state index contributed by atoms with van der Waals surface area (Å²) in [5, 5.41) is 12.0. The molecule has 2 rings (SSSR count). The Labute approximate surface area is 139 Å². The van der Waals surface area contributed by atoms with E-state index in [4.69, 9.17) is 0 Å². The summed E-state index contributed by atoms with van der Waals surface area (Å²) in [5.74, 6) is -0.181. The Kier molecular flexibility index (Phi) is 5.48. The van der Waals surface area contributed by atoms with E-state index in [1.807, 2.05) is 0 Å². The van der Waals surface area contributed by atoms with Crippen LogP contribution >= 0.6 is 11.3 Å². The number of nitrogens with one attached hydrogen (secondary N) is 1. The standard InChI is InChI=1S/C15H19N3O3S2/c1-4-10(5-2)14-17-18-15(22-14)16-13(19)11-8-6-7-9-12(11)23(3,20)21/h6-10H,4-5H2,1-3H3,(H,16,18,19). The number of rotatable bonds is 6. The fourth-order valence-corrected chi connectivity index (χ4v) is 4.12. The number of aromatic nitrogens is 2. The highest BCUT2D eigenvalue weighted by Crippen LogP contribution is 2.28. The smallest absolute Gasteiger partial charge is 0.258 e. The maximum Gasteiger partial charge on any atom is 0.258 e. The van der Waals surface area contributed by atoms with Crippen molar-refractivity contribution in [3.05, 3.63) is 34.8 Å². The number of nitrogens with zero attached hydrogens (tertiary/aromatic N) is 2. The zero-order chi connectivity index (χ0) is 17.0. The van der Waals surface area contributed by atoms with Crippen LogP contribution in [0.5, 0.6) is 0 Å². The van der Waals surface area contributed by atoms with Crippen LogP contribution in [0.2, 0.25) is 0 Å². The van der Waals surface area contributed by atoms with Gasteiger partial charge in [0.25, 0.3) is 5.91 Å². The van der Waals surface area contributed by atoms with E-state index in [0.29, 0.717) is 11.0 Å². The van der Waals surface area contributed by atoms with Crippen molar-refractivity contribution in [1.82, 2.24) is 10.2 Å². The molecule has 8 heteroatoms. The Morgan fingerprint density at radius 2 is 1.87 bits per heavy atom. The molecule has 0 bridgehead atoms. The van der Waals surface area contributed by atoms with Gasteiger partial charge in [-0.15, -0.1) is 10.2 Å². The number of carbonyl (C=O) groups is 1. The van der Waals surface area contributed by atoms with Gasteiger partial charge in [0.1, 0.15) is 5.01 Å². The molecular weight excluding hydrogens is 334 g/mol. The SMILES string of the molecule is CCC(CC)c1nnc(NC(=O)c2ccccc2S(C)(=O)=O)s1. The maximum atomic E-state index is 12.4. The lowest BCUT2D eigenvalue weighted by Crippen LogP contribution is -2.15. The Balaban J connectivity index is 2.24. The predicted octanol–water partition coefficient (Wildman–Crippen LogP) is 3.10. The van der Waals surface area contributed by atoms with Crippen molar-refractivity contribution < 1.29 is 13.2 Å². The van der Waals surface area contributed by atoms with E-state index in [1.165, 1.54) is 23.5 Å². The van der Waals surface area contributed by atoms with E-state index in [2.05, 4.69) is 29.4 Å². The second kappa shape index (κ2) is 7.18. The molecule has 0 saturated carbocycles. The number of carbonyl (C=O) groups excluding carboxylic acids is 1. The molecule has 0 aliphatic rings. The predicted molar refractivity (Wildman–Crippen MR) is 90.7 cm³/mol. The number of anilines is 1. The first-order valence-corrected chi connectivity index (χ1v) is 10.0. The molecule has 1 N–H and O–H groups in total. The summed E-state index contributed by atoms with van der Waals surface area (Å²) in [6.07, 6.45) is 2.99. The fourth-order valence-electron chi connectivity index (χ4n) is 2.23. The molecule has 1 heterocycles. The average molecular weight is 353 g/mol. The minimum absolute atomic E-state index is 0.00207. The van der Waals surface area contributed by atoms with Gasteiger partial charge in [-0.2, -0.15) is 0 Å². The summed E-state index contributed by atoms with van der Waals surface area (Å²) in [6, 6.07) is 6.11. The Bertz CT molecular complexity index is 796. The van der Waals surface area contributed by atoms with Gasteiger partial charge in [-0.1, -0.05) is 37.3 Å². The third-order valence-electron chi connectivity index (χ3n) is 3.53. The van der Waals surface area contributed by atoms with Gasteiger partial charge in [0, 0.05) is 12.2 Å². The highest BCUT2D eigenvalue weighted by atomic mass is 32.2. The van der Waals surface area contributed by atoms with Crippen molar-refractivity contribution in [1.29, 1.82) is 0 Å². The Morgan fingerprint density at radius 3 is 2.48 bits per heavy atom. The first kappa shape index (κ1) is 17.6. The molecule has 0 saturated heterocycles. The van der Waals surface area contributed by atoms with Crippen molar-refractivity contribution >= 4 is 32.2 Å². The molecule has 0 aliphatic carbocycles. The number of hydrogen-bond donors (Lipinski definition) is 1. The van der Waals surface area contributed by atoms with Crippen LogP contribution in [0.25, 0.3) is 0 Å². The van der Waals surface area contributed by atoms with Gasteiger partial charge >= 0.3 is 0 Å². The number of amides is 1.